The van der Waals surface area contributed by atoms with Gasteiger partial charge >= 0.3 is 0 Å². The lowest BCUT2D eigenvalue weighted by Gasteiger charge is -2.03. The van der Waals surface area contributed by atoms with E-state index in [1.54, 1.807) is 0 Å². The van der Waals surface area contributed by atoms with Gasteiger partial charge < -0.3 is 0 Å². The van der Waals surface area contributed by atoms with Crippen molar-refractivity contribution in [2.24, 2.45) is 0 Å². The van der Waals surface area contributed by atoms with Gasteiger partial charge in [-0.3, -0.25) is 0 Å². The second-order valence-electron chi connectivity index (χ2n) is 3.29. The summed E-state index contributed by atoms with van der Waals surface area (Å²) in [6.45, 7) is 6.54. The number of thioether (sulfide) groups is 4. The topological polar surface area (TPSA) is 14.1 Å². The number of hydrogen-bond donors (Lipinski definition) is 0. The van der Waals surface area contributed by atoms with Crippen molar-refractivity contribution in [2.75, 3.05) is 59.1 Å². The summed E-state index contributed by atoms with van der Waals surface area (Å²) in [6, 6.07) is 0. The monoisotopic (exact) mass is 312 g/mol. The van der Waals surface area contributed by atoms with Gasteiger partial charge in [0.15, 0.2) is 0 Å². The maximum atomic E-state index is 4.55. The summed E-state index contributed by atoms with van der Waals surface area (Å²) >= 11 is 8.15. The lowest BCUT2D eigenvalue weighted by atomic mass is 10.7. The molecule has 0 unspecified atom stereocenters. The maximum absolute atomic E-state index is 4.55. The van der Waals surface area contributed by atoms with Crippen LogP contribution in [0.5, 0.6) is 0 Å². The van der Waals surface area contributed by atoms with Gasteiger partial charge in [0.05, 0.1) is 0 Å². The second kappa shape index (κ2) is 17.4. The van der Waals surface area contributed by atoms with Crippen molar-refractivity contribution in [3.05, 3.63) is 0 Å². The third-order valence-electron chi connectivity index (χ3n) is 1.94. The van der Waals surface area contributed by atoms with Gasteiger partial charge in [0, 0.05) is 47.6 Å². The third kappa shape index (κ3) is 17.4. The maximum Gasteiger partial charge on any atom is 0.0224 e. The van der Waals surface area contributed by atoms with Crippen LogP contribution in [-0.4, -0.2) is 59.1 Å². The average Bonchev–Trinajstić information content (AvgIpc) is 2.35. The van der Waals surface area contributed by atoms with Crippen LogP contribution in [0.1, 0.15) is 13.8 Å². The molecule has 0 saturated carbocycles. The molecule has 0 aromatic carbocycles. The Morgan fingerprint density at radius 2 is 1.00 bits per heavy atom. The first-order valence-corrected chi connectivity index (χ1v) is 11.0. The molecule has 0 aliphatic heterocycles. The van der Waals surface area contributed by atoms with Crippen molar-refractivity contribution >= 4 is 47.0 Å². The largest absolute Gasteiger partial charge is 0.240 e. The first-order valence-electron chi connectivity index (χ1n) is 6.36. The van der Waals surface area contributed by atoms with Gasteiger partial charge in [-0.1, -0.05) is 13.8 Å². The Balaban J connectivity index is 2.85. The zero-order chi connectivity index (χ0) is 12.6. The van der Waals surface area contributed by atoms with Crippen LogP contribution in [0.2, 0.25) is 0 Å². The van der Waals surface area contributed by atoms with Crippen LogP contribution in [0.4, 0.5) is 0 Å². The number of hydrogen-bond acceptors (Lipinski definition) is 4. The highest BCUT2D eigenvalue weighted by atomic mass is 32.2. The minimum absolute atomic E-state index is 1.05. The normalized spacial score (nSPS) is 10.9. The summed E-state index contributed by atoms with van der Waals surface area (Å²) in [5, 5.41) is 4.55. The lowest BCUT2D eigenvalue weighted by Crippen LogP contribution is -2.13. The Labute approximate surface area is 125 Å². The lowest BCUT2D eigenvalue weighted by molar-refractivity contribution is 0.757. The molecule has 0 amide bonds. The molecular formula is C12H26NS4. The predicted molar refractivity (Wildman–Crippen MR) is 92.5 cm³/mol. The molecule has 0 spiro atoms. The summed E-state index contributed by atoms with van der Waals surface area (Å²) in [7, 11) is 0. The highest BCUT2D eigenvalue weighted by Gasteiger charge is 1.93. The summed E-state index contributed by atoms with van der Waals surface area (Å²) in [6.07, 6.45) is 0. The van der Waals surface area contributed by atoms with E-state index in [0.29, 0.717) is 0 Å². The molecule has 0 aliphatic carbocycles. The zero-order valence-corrected chi connectivity index (χ0v) is 14.4. The minimum Gasteiger partial charge on any atom is -0.240 e. The van der Waals surface area contributed by atoms with E-state index in [-0.39, 0.29) is 0 Å². The van der Waals surface area contributed by atoms with E-state index >= 15 is 0 Å². The standard InChI is InChI=1S/C12H26NS4/c1-3-14-9-11-16-7-5-13-6-8-17-12-10-15-4-2/h3-12H2,1-2H3. The summed E-state index contributed by atoms with van der Waals surface area (Å²) in [5.74, 6) is 10.1. The van der Waals surface area contributed by atoms with Gasteiger partial charge in [-0.2, -0.15) is 47.0 Å². The molecule has 0 N–H and O–H groups in total. The first-order chi connectivity index (χ1) is 8.41. The van der Waals surface area contributed by atoms with Crippen LogP contribution >= 0.6 is 47.0 Å². The highest BCUT2D eigenvalue weighted by Crippen LogP contribution is 2.06. The molecule has 0 fully saturated rings. The Kier molecular flexibility index (Phi) is 18.7. The van der Waals surface area contributed by atoms with Crippen LogP contribution in [0.15, 0.2) is 0 Å². The summed E-state index contributed by atoms with van der Waals surface area (Å²) in [5.41, 5.74) is 0. The van der Waals surface area contributed by atoms with E-state index in [4.69, 9.17) is 0 Å². The Bertz CT molecular complexity index is 122. The first kappa shape index (κ1) is 18.4. The van der Waals surface area contributed by atoms with Gasteiger partial charge in [0.25, 0.3) is 0 Å². The molecule has 0 rings (SSSR count). The van der Waals surface area contributed by atoms with Crippen LogP contribution in [0, 0.1) is 0 Å². The van der Waals surface area contributed by atoms with Crippen LogP contribution in [-0.2, 0) is 0 Å². The molecule has 0 aromatic heterocycles. The fourth-order valence-corrected chi connectivity index (χ4v) is 4.49. The molecule has 1 nitrogen and oxygen atoms in total. The minimum atomic E-state index is 1.05. The third-order valence-corrected chi connectivity index (χ3v) is 6.19. The van der Waals surface area contributed by atoms with E-state index in [1.165, 1.54) is 46.0 Å². The van der Waals surface area contributed by atoms with Gasteiger partial charge in [-0.15, -0.1) is 0 Å². The fourth-order valence-electron chi connectivity index (χ4n) is 1.10. The SMILES string of the molecule is CCSCCSCC[N]CCSCCSCC. The van der Waals surface area contributed by atoms with Gasteiger partial charge in [-0.25, -0.2) is 5.32 Å². The van der Waals surface area contributed by atoms with Crippen molar-refractivity contribution in [1.29, 1.82) is 0 Å². The van der Waals surface area contributed by atoms with Gasteiger partial charge in [0.1, 0.15) is 0 Å². The highest BCUT2D eigenvalue weighted by molar-refractivity contribution is 8.03. The second-order valence-corrected chi connectivity index (χ2v) is 8.53. The summed E-state index contributed by atoms with van der Waals surface area (Å²) in [4.78, 5) is 0. The van der Waals surface area contributed by atoms with Crippen molar-refractivity contribution in [3.63, 3.8) is 0 Å². The molecule has 17 heavy (non-hydrogen) atoms. The molecule has 0 aromatic rings. The number of rotatable bonds is 14. The molecule has 0 bridgehead atoms. The van der Waals surface area contributed by atoms with Gasteiger partial charge in [0.2, 0.25) is 0 Å². The molecule has 0 atom stereocenters. The van der Waals surface area contributed by atoms with E-state index in [1.807, 2.05) is 47.0 Å². The van der Waals surface area contributed by atoms with E-state index < -0.39 is 0 Å². The molecule has 0 saturated heterocycles. The number of nitrogens with zero attached hydrogens (tertiary/aromatic N) is 1. The predicted octanol–water partition coefficient (Wildman–Crippen LogP) is 3.56. The molecule has 103 valence electrons. The Morgan fingerprint density at radius 3 is 1.41 bits per heavy atom. The van der Waals surface area contributed by atoms with Crippen LogP contribution in [0.3, 0.4) is 0 Å². The van der Waals surface area contributed by atoms with Crippen molar-refractivity contribution < 1.29 is 0 Å². The molecule has 5 heteroatoms. The van der Waals surface area contributed by atoms with Gasteiger partial charge in [-0.05, 0) is 11.5 Å². The smallest absolute Gasteiger partial charge is 0.0224 e. The molecule has 1 radical (unpaired) electrons. The quantitative estimate of drug-likeness (QED) is 0.455. The Hall–Kier alpha value is 1.36. The van der Waals surface area contributed by atoms with Crippen LogP contribution < -0.4 is 5.32 Å². The fraction of sp³-hybridized carbons (Fsp3) is 1.00. The Morgan fingerprint density at radius 1 is 0.588 bits per heavy atom. The average molecular weight is 313 g/mol. The molecular weight excluding hydrogens is 286 g/mol. The van der Waals surface area contributed by atoms with E-state index in [0.717, 1.165) is 13.1 Å². The zero-order valence-electron chi connectivity index (χ0n) is 11.2. The molecule has 0 heterocycles. The van der Waals surface area contributed by atoms with Crippen molar-refractivity contribution in [3.8, 4) is 0 Å². The van der Waals surface area contributed by atoms with E-state index in [9.17, 15) is 0 Å². The van der Waals surface area contributed by atoms with Crippen molar-refractivity contribution in [2.45, 2.75) is 13.8 Å². The summed E-state index contributed by atoms with van der Waals surface area (Å²) < 4.78 is 0. The van der Waals surface area contributed by atoms with E-state index in [2.05, 4.69) is 19.2 Å². The van der Waals surface area contributed by atoms with Crippen molar-refractivity contribution in [1.82, 2.24) is 5.32 Å². The van der Waals surface area contributed by atoms with Crippen LogP contribution in [0.25, 0.3) is 0 Å². The molecule has 0 aliphatic rings.